The molecule has 0 bridgehead atoms. The highest BCUT2D eigenvalue weighted by molar-refractivity contribution is 14.0. The van der Waals surface area contributed by atoms with E-state index in [4.69, 9.17) is 0 Å². The van der Waals surface area contributed by atoms with E-state index in [-0.39, 0.29) is 29.9 Å². The summed E-state index contributed by atoms with van der Waals surface area (Å²) in [6.45, 7) is 5.43. The molecule has 1 aromatic heterocycles. The van der Waals surface area contributed by atoms with Gasteiger partial charge in [0.15, 0.2) is 5.96 Å². The summed E-state index contributed by atoms with van der Waals surface area (Å²) >= 11 is 0. The molecule has 0 atom stereocenters. The number of aryl methyl sites for hydroxylation is 1. The lowest BCUT2D eigenvalue weighted by Crippen LogP contribution is -2.38. The largest absolute Gasteiger partial charge is 0.356 e. The van der Waals surface area contributed by atoms with E-state index in [9.17, 15) is 4.79 Å². The minimum Gasteiger partial charge on any atom is -0.356 e. The Morgan fingerprint density at radius 3 is 2.57 bits per heavy atom. The van der Waals surface area contributed by atoms with Gasteiger partial charge in [0.2, 0.25) is 5.91 Å². The van der Waals surface area contributed by atoms with Gasteiger partial charge in [-0.05, 0) is 25.0 Å². The number of nitrogens with zero attached hydrogens (tertiary/aromatic N) is 2. The molecule has 6 nitrogen and oxygen atoms in total. The van der Waals surface area contributed by atoms with Crippen LogP contribution in [-0.2, 0) is 4.79 Å². The number of nitrogens with one attached hydrogen (secondary N) is 3. The van der Waals surface area contributed by atoms with Gasteiger partial charge in [0.05, 0.1) is 0 Å². The van der Waals surface area contributed by atoms with Gasteiger partial charge in [-0.3, -0.25) is 9.79 Å². The van der Waals surface area contributed by atoms with E-state index in [1.165, 1.54) is 0 Å². The van der Waals surface area contributed by atoms with Gasteiger partial charge in [-0.1, -0.05) is 13.0 Å². The first-order valence-electron chi connectivity index (χ1n) is 6.82. The molecule has 0 unspecified atom stereocenters. The van der Waals surface area contributed by atoms with E-state index < -0.39 is 0 Å². The lowest BCUT2D eigenvalue weighted by molar-refractivity contribution is -0.116. The van der Waals surface area contributed by atoms with Crippen molar-refractivity contribution in [3.05, 3.63) is 23.9 Å². The maximum atomic E-state index is 11.7. The highest BCUT2D eigenvalue weighted by Gasteiger charge is 2.03. The Morgan fingerprint density at radius 2 is 2.00 bits per heavy atom. The van der Waals surface area contributed by atoms with Crippen LogP contribution in [0.4, 0.5) is 5.82 Å². The molecule has 7 heteroatoms. The highest BCUT2D eigenvalue weighted by atomic mass is 127. The zero-order chi connectivity index (χ0) is 14.8. The number of amides is 1. The monoisotopic (exact) mass is 405 g/mol. The molecule has 0 aromatic carbocycles. The normalized spacial score (nSPS) is 10.5. The van der Waals surface area contributed by atoms with Gasteiger partial charge in [0.25, 0.3) is 0 Å². The van der Waals surface area contributed by atoms with Gasteiger partial charge >= 0.3 is 0 Å². The zero-order valence-electron chi connectivity index (χ0n) is 12.8. The highest BCUT2D eigenvalue weighted by Crippen LogP contribution is 2.03. The van der Waals surface area contributed by atoms with Crippen molar-refractivity contribution in [1.82, 2.24) is 15.6 Å². The second-order valence-electron chi connectivity index (χ2n) is 4.44. The van der Waals surface area contributed by atoms with Gasteiger partial charge < -0.3 is 16.0 Å². The molecule has 0 spiro atoms. The minimum absolute atomic E-state index is 0. The molecular formula is C14H24IN5O. The number of anilines is 1. The van der Waals surface area contributed by atoms with E-state index in [1.54, 1.807) is 19.3 Å². The molecule has 0 radical (unpaired) electrons. The third-order valence-corrected chi connectivity index (χ3v) is 2.59. The minimum atomic E-state index is -0.0696. The van der Waals surface area contributed by atoms with Crippen LogP contribution in [0.2, 0.25) is 0 Å². The summed E-state index contributed by atoms with van der Waals surface area (Å²) in [7, 11) is 1.71. The van der Waals surface area contributed by atoms with Crippen LogP contribution < -0.4 is 16.0 Å². The summed E-state index contributed by atoms with van der Waals surface area (Å²) in [5, 5.41) is 8.98. The molecule has 0 aliphatic carbocycles. The number of hydrogen-bond donors (Lipinski definition) is 3. The Bertz CT molecular complexity index is 447. The van der Waals surface area contributed by atoms with Crippen LogP contribution in [0, 0.1) is 6.92 Å². The lowest BCUT2D eigenvalue weighted by Gasteiger charge is -2.10. The summed E-state index contributed by atoms with van der Waals surface area (Å²) in [6, 6.07) is 3.71. The quantitative estimate of drug-likeness (QED) is 0.384. The van der Waals surface area contributed by atoms with E-state index in [1.807, 2.05) is 13.0 Å². The number of rotatable bonds is 6. The summed E-state index contributed by atoms with van der Waals surface area (Å²) < 4.78 is 0. The first kappa shape index (κ1) is 19.6. The van der Waals surface area contributed by atoms with Gasteiger partial charge in [-0.2, -0.15) is 0 Å². The van der Waals surface area contributed by atoms with Crippen LogP contribution in [0.1, 0.15) is 25.3 Å². The number of carbonyl (C=O) groups is 1. The Hall–Kier alpha value is -1.38. The first-order chi connectivity index (χ1) is 9.65. The van der Waals surface area contributed by atoms with Gasteiger partial charge in [0, 0.05) is 32.8 Å². The summed E-state index contributed by atoms with van der Waals surface area (Å²) in [4.78, 5) is 19.9. The van der Waals surface area contributed by atoms with E-state index in [2.05, 4.69) is 32.9 Å². The number of pyridine rings is 1. The van der Waals surface area contributed by atoms with Crippen molar-refractivity contribution in [2.75, 3.05) is 25.5 Å². The topological polar surface area (TPSA) is 78.4 Å². The number of hydrogen-bond acceptors (Lipinski definition) is 3. The van der Waals surface area contributed by atoms with Crippen molar-refractivity contribution < 1.29 is 4.79 Å². The van der Waals surface area contributed by atoms with E-state index >= 15 is 0 Å². The van der Waals surface area contributed by atoms with E-state index in [0.717, 1.165) is 18.5 Å². The number of guanidine groups is 1. The standard InChI is InChI=1S/C14H23N5O.HI/c1-4-8-16-14(15-3)17-9-7-13(20)19-12-6-5-11(2)10-18-12;/h5-6,10H,4,7-9H2,1-3H3,(H2,15,16,17)(H,18,19,20);1H. The van der Waals surface area contributed by atoms with Crippen molar-refractivity contribution >= 4 is 41.7 Å². The average Bonchev–Trinajstić information content (AvgIpc) is 2.45. The Morgan fingerprint density at radius 1 is 1.29 bits per heavy atom. The Kier molecular flexibility index (Phi) is 10.6. The van der Waals surface area contributed by atoms with Crippen LogP contribution in [0.3, 0.4) is 0 Å². The van der Waals surface area contributed by atoms with Crippen molar-refractivity contribution in [2.24, 2.45) is 4.99 Å². The third-order valence-electron chi connectivity index (χ3n) is 2.59. The maximum absolute atomic E-state index is 11.7. The molecule has 0 fully saturated rings. The third kappa shape index (κ3) is 8.49. The van der Waals surface area contributed by atoms with Crippen LogP contribution >= 0.6 is 24.0 Å². The van der Waals surface area contributed by atoms with Crippen LogP contribution in [0.15, 0.2) is 23.3 Å². The second-order valence-corrected chi connectivity index (χ2v) is 4.44. The van der Waals surface area contributed by atoms with Crippen molar-refractivity contribution in [3.63, 3.8) is 0 Å². The molecule has 0 aliphatic rings. The Balaban J connectivity index is 0.00000400. The predicted molar refractivity (Wildman–Crippen MR) is 97.3 cm³/mol. The average molecular weight is 405 g/mol. The molecule has 1 heterocycles. The molecule has 1 aromatic rings. The molecule has 118 valence electrons. The second kappa shape index (κ2) is 11.3. The van der Waals surface area contributed by atoms with Gasteiger partial charge in [0.1, 0.15) is 5.82 Å². The number of carbonyl (C=O) groups excluding carboxylic acids is 1. The summed E-state index contributed by atoms with van der Waals surface area (Å²) in [6.07, 6.45) is 3.12. The van der Waals surface area contributed by atoms with Gasteiger partial charge in [-0.15, -0.1) is 24.0 Å². The fourth-order valence-electron chi connectivity index (χ4n) is 1.51. The number of aromatic nitrogens is 1. The summed E-state index contributed by atoms with van der Waals surface area (Å²) in [5.74, 6) is 1.22. The fourth-order valence-corrected chi connectivity index (χ4v) is 1.51. The Labute approximate surface area is 143 Å². The van der Waals surface area contributed by atoms with Crippen molar-refractivity contribution in [2.45, 2.75) is 26.7 Å². The molecule has 3 N–H and O–H groups in total. The van der Waals surface area contributed by atoms with Crippen LogP contribution in [0.5, 0.6) is 0 Å². The van der Waals surface area contributed by atoms with Crippen LogP contribution in [-0.4, -0.2) is 37.0 Å². The summed E-state index contributed by atoms with van der Waals surface area (Å²) in [5.41, 5.74) is 1.07. The molecule has 21 heavy (non-hydrogen) atoms. The molecule has 1 amide bonds. The first-order valence-corrected chi connectivity index (χ1v) is 6.82. The molecule has 0 saturated carbocycles. The number of aliphatic imine (C=N–C) groups is 1. The predicted octanol–water partition coefficient (Wildman–Crippen LogP) is 1.91. The van der Waals surface area contributed by atoms with E-state index in [0.29, 0.717) is 24.7 Å². The molecule has 0 saturated heterocycles. The molecule has 1 rings (SSSR count). The smallest absolute Gasteiger partial charge is 0.227 e. The maximum Gasteiger partial charge on any atom is 0.227 e. The van der Waals surface area contributed by atoms with Crippen LogP contribution in [0.25, 0.3) is 0 Å². The lowest BCUT2D eigenvalue weighted by atomic mass is 10.3. The zero-order valence-corrected chi connectivity index (χ0v) is 15.1. The SMILES string of the molecule is CCCNC(=NC)NCCC(=O)Nc1ccc(C)cn1.I. The fraction of sp³-hybridized carbons (Fsp3) is 0.500. The molecule has 0 aliphatic heterocycles. The van der Waals surface area contributed by atoms with Gasteiger partial charge in [-0.25, -0.2) is 4.98 Å². The molecular weight excluding hydrogens is 381 g/mol. The van der Waals surface area contributed by atoms with Crippen molar-refractivity contribution in [3.8, 4) is 0 Å². The van der Waals surface area contributed by atoms with Crippen molar-refractivity contribution in [1.29, 1.82) is 0 Å². The number of halogens is 1.